The Morgan fingerprint density at radius 1 is 1.28 bits per heavy atom. The Hall–Kier alpha value is -3.45. The summed E-state index contributed by atoms with van der Waals surface area (Å²) in [5.41, 5.74) is 8.57. The molecule has 1 saturated heterocycles. The van der Waals surface area contributed by atoms with Crippen molar-refractivity contribution in [3.05, 3.63) is 66.3 Å². The first-order chi connectivity index (χ1) is 17.4. The van der Waals surface area contributed by atoms with Gasteiger partial charge in [-0.25, -0.2) is 9.50 Å². The lowest BCUT2D eigenvalue weighted by Crippen LogP contribution is -2.40. The Labute approximate surface area is 213 Å². The molecular formula is C29H37N7. The summed E-state index contributed by atoms with van der Waals surface area (Å²) >= 11 is 0. The van der Waals surface area contributed by atoms with Gasteiger partial charge in [0, 0.05) is 29.7 Å². The lowest BCUT2D eigenvalue weighted by molar-refractivity contribution is 0.234. The SMILES string of the molecule is C=CN(C)C(=N)CN1CCC(c2ccc3[nH]c(-c4cn5ncnc5cc4CC)c(C(C)C)c3c2)CC1. The van der Waals surface area contributed by atoms with E-state index in [2.05, 4.69) is 77.8 Å². The first-order valence-electron chi connectivity index (χ1n) is 13.0. The van der Waals surface area contributed by atoms with Crippen molar-refractivity contribution in [2.45, 2.75) is 51.9 Å². The summed E-state index contributed by atoms with van der Waals surface area (Å²) in [7, 11) is 1.89. The zero-order valence-corrected chi connectivity index (χ0v) is 21.9. The third-order valence-electron chi connectivity index (χ3n) is 7.72. The molecule has 4 aromatic rings. The van der Waals surface area contributed by atoms with Gasteiger partial charge in [0.05, 0.1) is 12.2 Å². The van der Waals surface area contributed by atoms with Crippen LogP contribution in [0, 0.1) is 5.41 Å². The van der Waals surface area contributed by atoms with Crippen LogP contribution in [0.1, 0.15) is 62.1 Å². The van der Waals surface area contributed by atoms with Crippen molar-refractivity contribution in [1.82, 2.24) is 29.4 Å². The zero-order chi connectivity index (χ0) is 25.4. The number of aromatic nitrogens is 4. The average Bonchev–Trinajstić information content (AvgIpc) is 3.51. The second kappa shape index (κ2) is 9.90. The molecule has 188 valence electrons. The van der Waals surface area contributed by atoms with E-state index in [1.54, 1.807) is 17.4 Å². The van der Waals surface area contributed by atoms with E-state index in [1.165, 1.54) is 38.9 Å². The number of hydrogen-bond acceptors (Lipinski definition) is 4. The van der Waals surface area contributed by atoms with Gasteiger partial charge in [0.1, 0.15) is 12.2 Å². The number of likely N-dealkylation sites (tertiary alicyclic amines) is 1. The van der Waals surface area contributed by atoms with Gasteiger partial charge in [0.25, 0.3) is 0 Å². The Bertz CT molecular complexity index is 1400. The fraction of sp³-hybridized carbons (Fsp3) is 0.414. The van der Waals surface area contributed by atoms with Gasteiger partial charge in [-0.3, -0.25) is 10.3 Å². The maximum atomic E-state index is 8.24. The van der Waals surface area contributed by atoms with E-state index in [1.807, 2.05) is 11.6 Å². The first kappa shape index (κ1) is 24.3. The molecule has 0 spiro atoms. The molecule has 1 aliphatic heterocycles. The number of piperidine rings is 1. The molecule has 5 rings (SSSR count). The number of fused-ring (bicyclic) bond motifs is 2. The number of rotatable bonds is 7. The van der Waals surface area contributed by atoms with E-state index in [9.17, 15) is 0 Å². The van der Waals surface area contributed by atoms with Crippen molar-refractivity contribution in [2.75, 3.05) is 26.7 Å². The van der Waals surface area contributed by atoms with Crippen LogP contribution in [0.2, 0.25) is 0 Å². The number of benzene rings is 1. The van der Waals surface area contributed by atoms with Gasteiger partial charge < -0.3 is 9.88 Å². The number of nitrogens with zero attached hydrogens (tertiary/aromatic N) is 5. The molecule has 1 fully saturated rings. The fourth-order valence-electron chi connectivity index (χ4n) is 5.57. The highest BCUT2D eigenvalue weighted by atomic mass is 15.3. The van der Waals surface area contributed by atoms with Crippen LogP contribution in [0.4, 0.5) is 0 Å². The summed E-state index contributed by atoms with van der Waals surface area (Å²) < 4.78 is 1.87. The Morgan fingerprint density at radius 2 is 2.06 bits per heavy atom. The van der Waals surface area contributed by atoms with Crippen molar-refractivity contribution >= 4 is 22.4 Å². The highest BCUT2D eigenvalue weighted by Gasteiger charge is 2.24. The molecule has 0 aliphatic carbocycles. The van der Waals surface area contributed by atoms with Crippen molar-refractivity contribution in [3.63, 3.8) is 0 Å². The molecule has 4 heterocycles. The summed E-state index contributed by atoms with van der Waals surface area (Å²) in [6.07, 6.45) is 8.62. The molecule has 2 N–H and O–H groups in total. The van der Waals surface area contributed by atoms with Gasteiger partial charge >= 0.3 is 0 Å². The van der Waals surface area contributed by atoms with E-state index in [0.29, 0.717) is 24.2 Å². The van der Waals surface area contributed by atoms with Gasteiger partial charge in [0.15, 0.2) is 5.65 Å². The van der Waals surface area contributed by atoms with Crippen LogP contribution in [-0.4, -0.2) is 61.9 Å². The number of pyridine rings is 1. The van der Waals surface area contributed by atoms with Crippen LogP contribution in [-0.2, 0) is 6.42 Å². The second-order valence-electron chi connectivity index (χ2n) is 10.3. The van der Waals surface area contributed by atoms with Gasteiger partial charge in [0.2, 0.25) is 0 Å². The number of H-pyrrole nitrogens is 1. The van der Waals surface area contributed by atoms with E-state index >= 15 is 0 Å². The van der Waals surface area contributed by atoms with Crippen LogP contribution in [0.5, 0.6) is 0 Å². The highest BCUT2D eigenvalue weighted by molar-refractivity contribution is 5.92. The van der Waals surface area contributed by atoms with E-state index in [0.717, 1.165) is 38.0 Å². The molecule has 0 amide bonds. The Balaban J connectivity index is 1.45. The Morgan fingerprint density at radius 3 is 2.75 bits per heavy atom. The highest BCUT2D eigenvalue weighted by Crippen LogP contribution is 2.39. The smallest absolute Gasteiger partial charge is 0.155 e. The number of aromatic amines is 1. The van der Waals surface area contributed by atoms with Gasteiger partial charge in [-0.1, -0.05) is 33.4 Å². The lowest BCUT2D eigenvalue weighted by Gasteiger charge is -2.33. The van der Waals surface area contributed by atoms with Crippen LogP contribution in [0.15, 0.2) is 49.6 Å². The molecule has 1 aromatic carbocycles. The minimum absolute atomic E-state index is 0.384. The lowest BCUT2D eigenvalue weighted by atomic mass is 9.87. The minimum atomic E-state index is 0.384. The van der Waals surface area contributed by atoms with E-state index < -0.39 is 0 Å². The maximum absolute atomic E-state index is 8.24. The summed E-state index contributed by atoms with van der Waals surface area (Å²) in [5, 5.41) is 14.0. The number of hydrogen-bond donors (Lipinski definition) is 2. The topological polar surface area (TPSA) is 76.3 Å². The van der Waals surface area contributed by atoms with Gasteiger partial charge in [-0.15, -0.1) is 0 Å². The molecule has 3 aromatic heterocycles. The third kappa shape index (κ3) is 4.44. The van der Waals surface area contributed by atoms with Gasteiger partial charge in [-0.2, -0.15) is 5.10 Å². The van der Waals surface area contributed by atoms with Crippen LogP contribution in [0.25, 0.3) is 27.8 Å². The number of likely N-dealkylation sites (N-methyl/N-ethyl adjacent to an activating group) is 1. The second-order valence-corrected chi connectivity index (χ2v) is 10.3. The molecular weight excluding hydrogens is 446 g/mol. The predicted molar refractivity (Wildman–Crippen MR) is 148 cm³/mol. The molecule has 0 unspecified atom stereocenters. The monoisotopic (exact) mass is 483 g/mol. The number of amidine groups is 1. The molecule has 0 saturated carbocycles. The van der Waals surface area contributed by atoms with Crippen molar-refractivity contribution < 1.29 is 0 Å². The van der Waals surface area contributed by atoms with E-state index in [-0.39, 0.29) is 0 Å². The Kier molecular flexibility index (Phi) is 6.67. The summed E-state index contributed by atoms with van der Waals surface area (Å²) in [6, 6.07) is 9.16. The predicted octanol–water partition coefficient (Wildman–Crippen LogP) is 5.80. The van der Waals surface area contributed by atoms with Crippen LogP contribution < -0.4 is 0 Å². The third-order valence-corrected chi connectivity index (χ3v) is 7.72. The summed E-state index contributed by atoms with van der Waals surface area (Å²) in [4.78, 5) is 12.3. The largest absolute Gasteiger partial charge is 0.354 e. The van der Waals surface area contributed by atoms with E-state index in [4.69, 9.17) is 5.41 Å². The van der Waals surface area contributed by atoms with Gasteiger partial charge in [-0.05, 0) is 85.3 Å². The first-order valence-corrected chi connectivity index (χ1v) is 13.0. The molecule has 1 aliphatic rings. The minimum Gasteiger partial charge on any atom is -0.354 e. The average molecular weight is 484 g/mol. The summed E-state index contributed by atoms with van der Waals surface area (Å²) in [5.74, 6) is 1.53. The normalized spacial score (nSPS) is 15.2. The number of nitrogens with one attached hydrogen (secondary N) is 2. The van der Waals surface area contributed by atoms with Crippen LogP contribution >= 0.6 is 0 Å². The molecule has 0 radical (unpaired) electrons. The standard InChI is InChI=1S/C29H37N7/c1-6-20-15-27-31-18-32-36(27)16-24(20)29-28(19(3)4)23-14-22(8-9-25(23)33-29)21-10-12-35(13-11-21)17-26(30)34(5)7-2/h7-9,14-16,18-19,21,30,33H,2,6,10-13,17H2,1,3-5H3. The molecule has 0 atom stereocenters. The summed E-state index contributed by atoms with van der Waals surface area (Å²) in [6.45, 7) is 13.3. The molecule has 0 bridgehead atoms. The molecule has 7 nitrogen and oxygen atoms in total. The molecule has 36 heavy (non-hydrogen) atoms. The zero-order valence-electron chi connectivity index (χ0n) is 21.9. The van der Waals surface area contributed by atoms with Crippen molar-refractivity contribution in [3.8, 4) is 11.3 Å². The molecule has 7 heteroatoms. The van der Waals surface area contributed by atoms with Crippen LogP contribution in [0.3, 0.4) is 0 Å². The maximum Gasteiger partial charge on any atom is 0.155 e. The van der Waals surface area contributed by atoms with Crippen molar-refractivity contribution in [1.29, 1.82) is 5.41 Å². The quantitative estimate of drug-likeness (QED) is 0.257. The number of aryl methyl sites for hydroxylation is 1. The van der Waals surface area contributed by atoms with Crippen molar-refractivity contribution in [2.24, 2.45) is 0 Å². The fourth-order valence-corrected chi connectivity index (χ4v) is 5.57.